The molecule has 1 aromatic heterocycles. The topological polar surface area (TPSA) is 67.6 Å². The van der Waals surface area contributed by atoms with Gasteiger partial charge >= 0.3 is 5.63 Å². The fourth-order valence-corrected chi connectivity index (χ4v) is 2.87. The van der Waals surface area contributed by atoms with E-state index in [-0.39, 0.29) is 11.8 Å². The van der Waals surface area contributed by atoms with Crippen LogP contribution in [0, 0.1) is 6.92 Å². The Kier molecular flexibility index (Phi) is 2.72. The summed E-state index contributed by atoms with van der Waals surface area (Å²) in [4.78, 5) is 37.6. The fraction of sp³-hybridized carbons (Fsp3) is 0.0556. The summed E-state index contributed by atoms with van der Waals surface area (Å²) in [5, 5.41) is 0.693. The maximum atomic E-state index is 12.5. The number of carbonyl (C=O) groups excluding carboxylic acids is 2. The molecule has 0 saturated heterocycles. The lowest BCUT2D eigenvalue weighted by Gasteiger charge is -2.14. The predicted molar refractivity (Wildman–Crippen MR) is 84.8 cm³/mol. The lowest BCUT2D eigenvalue weighted by molar-refractivity contribution is 0.0926. The second kappa shape index (κ2) is 4.64. The standard InChI is InChI=1S/C18H11NO4/c1-10-8-16(20)23-15-7-6-11(9-14(10)15)19-17(21)12-4-2-3-5-13(12)18(19)22/h2-9H,1H3. The average Bonchev–Trinajstić information content (AvgIpc) is 2.79. The van der Waals surface area contributed by atoms with Gasteiger partial charge in [0.2, 0.25) is 0 Å². The van der Waals surface area contributed by atoms with Crippen LogP contribution in [0.4, 0.5) is 5.69 Å². The molecule has 0 fully saturated rings. The van der Waals surface area contributed by atoms with E-state index in [1.165, 1.54) is 6.07 Å². The first-order valence-electron chi connectivity index (χ1n) is 7.08. The zero-order valence-corrected chi connectivity index (χ0v) is 12.2. The molecule has 0 saturated carbocycles. The number of benzene rings is 2. The molecule has 0 atom stereocenters. The molecule has 5 heteroatoms. The van der Waals surface area contributed by atoms with Crippen molar-refractivity contribution < 1.29 is 14.0 Å². The first-order valence-corrected chi connectivity index (χ1v) is 7.08. The van der Waals surface area contributed by atoms with Crippen LogP contribution in [-0.2, 0) is 0 Å². The Labute approximate surface area is 130 Å². The fourth-order valence-electron chi connectivity index (χ4n) is 2.87. The van der Waals surface area contributed by atoms with Crippen molar-refractivity contribution in [2.75, 3.05) is 4.90 Å². The van der Waals surface area contributed by atoms with Gasteiger partial charge in [-0.2, -0.15) is 0 Å². The van der Waals surface area contributed by atoms with Gasteiger partial charge in [-0.05, 0) is 42.8 Å². The summed E-state index contributed by atoms with van der Waals surface area (Å²) in [6, 6.07) is 13.0. The Morgan fingerprint density at radius 3 is 2.17 bits per heavy atom. The van der Waals surface area contributed by atoms with Crippen LogP contribution in [-0.4, -0.2) is 11.8 Å². The molecule has 112 valence electrons. The van der Waals surface area contributed by atoms with Crippen LogP contribution in [0.2, 0.25) is 0 Å². The average molecular weight is 305 g/mol. The van der Waals surface area contributed by atoms with Crippen molar-refractivity contribution in [3.63, 3.8) is 0 Å². The van der Waals surface area contributed by atoms with E-state index in [0.29, 0.717) is 27.8 Å². The molecule has 4 rings (SSSR count). The van der Waals surface area contributed by atoms with Gasteiger partial charge in [-0.3, -0.25) is 9.59 Å². The van der Waals surface area contributed by atoms with E-state index < -0.39 is 5.63 Å². The Hall–Kier alpha value is -3.21. The summed E-state index contributed by atoms with van der Waals surface area (Å²) in [7, 11) is 0. The molecule has 0 bridgehead atoms. The van der Waals surface area contributed by atoms with Gasteiger partial charge in [-0.1, -0.05) is 12.1 Å². The number of nitrogens with zero attached hydrogens (tertiary/aromatic N) is 1. The largest absolute Gasteiger partial charge is 0.423 e. The number of rotatable bonds is 1. The molecule has 0 unspecified atom stereocenters. The minimum absolute atomic E-state index is 0.347. The first kappa shape index (κ1) is 13.5. The zero-order valence-electron chi connectivity index (χ0n) is 12.2. The maximum Gasteiger partial charge on any atom is 0.336 e. The normalized spacial score (nSPS) is 13.7. The highest BCUT2D eigenvalue weighted by molar-refractivity contribution is 6.34. The summed E-state index contributed by atoms with van der Waals surface area (Å²) < 4.78 is 5.13. The number of amides is 2. The van der Waals surface area contributed by atoms with Crippen LogP contribution >= 0.6 is 0 Å². The molecule has 0 aliphatic carbocycles. The highest BCUT2D eigenvalue weighted by Gasteiger charge is 2.36. The third kappa shape index (κ3) is 1.90. The number of imide groups is 1. The summed E-state index contributed by atoms with van der Waals surface area (Å²) in [6.07, 6.45) is 0. The molecule has 3 aromatic rings. The molecule has 0 N–H and O–H groups in total. The third-order valence-corrected chi connectivity index (χ3v) is 3.99. The summed E-state index contributed by atoms with van der Waals surface area (Å²) >= 11 is 0. The molecule has 0 radical (unpaired) electrons. The van der Waals surface area contributed by atoms with Crippen molar-refractivity contribution in [2.24, 2.45) is 0 Å². The number of aryl methyl sites for hydroxylation is 1. The van der Waals surface area contributed by atoms with Crippen molar-refractivity contribution in [1.29, 1.82) is 0 Å². The van der Waals surface area contributed by atoms with E-state index in [0.717, 1.165) is 10.5 Å². The number of hydrogen-bond acceptors (Lipinski definition) is 4. The van der Waals surface area contributed by atoms with Crippen molar-refractivity contribution in [1.82, 2.24) is 0 Å². The highest BCUT2D eigenvalue weighted by atomic mass is 16.4. The molecule has 2 amide bonds. The van der Waals surface area contributed by atoms with E-state index in [4.69, 9.17) is 4.42 Å². The second-order valence-corrected chi connectivity index (χ2v) is 5.42. The maximum absolute atomic E-state index is 12.5. The van der Waals surface area contributed by atoms with Crippen LogP contribution in [0.25, 0.3) is 11.0 Å². The number of anilines is 1. The van der Waals surface area contributed by atoms with Crippen molar-refractivity contribution in [3.05, 3.63) is 75.6 Å². The van der Waals surface area contributed by atoms with Crippen LogP contribution in [0.15, 0.2) is 57.7 Å². The monoisotopic (exact) mass is 305 g/mol. The van der Waals surface area contributed by atoms with E-state index in [2.05, 4.69) is 0 Å². The minimum Gasteiger partial charge on any atom is -0.423 e. The van der Waals surface area contributed by atoms with Crippen LogP contribution in [0.5, 0.6) is 0 Å². The Balaban J connectivity index is 1.89. The molecule has 2 heterocycles. The van der Waals surface area contributed by atoms with E-state index >= 15 is 0 Å². The lowest BCUT2D eigenvalue weighted by atomic mass is 10.1. The molecule has 23 heavy (non-hydrogen) atoms. The van der Waals surface area contributed by atoms with Gasteiger partial charge in [0, 0.05) is 11.5 Å². The molecule has 0 spiro atoms. The van der Waals surface area contributed by atoms with Crippen molar-refractivity contribution in [2.45, 2.75) is 6.92 Å². The first-order chi connectivity index (χ1) is 11.1. The van der Waals surface area contributed by atoms with Crippen molar-refractivity contribution in [3.8, 4) is 0 Å². The third-order valence-electron chi connectivity index (χ3n) is 3.99. The summed E-state index contributed by atoms with van der Waals surface area (Å²) in [6.45, 7) is 1.78. The smallest absolute Gasteiger partial charge is 0.336 e. The van der Waals surface area contributed by atoms with Gasteiger partial charge in [0.15, 0.2) is 0 Å². The quantitative estimate of drug-likeness (QED) is 0.512. The summed E-state index contributed by atoms with van der Waals surface area (Å²) in [5.41, 5.74) is 1.98. The minimum atomic E-state index is -0.427. The van der Waals surface area contributed by atoms with E-state index in [1.54, 1.807) is 49.4 Å². The Bertz CT molecular complexity index is 1010. The van der Waals surface area contributed by atoms with Crippen LogP contribution in [0.3, 0.4) is 0 Å². The second-order valence-electron chi connectivity index (χ2n) is 5.42. The molecule has 1 aliphatic rings. The number of hydrogen-bond donors (Lipinski definition) is 0. The van der Waals surface area contributed by atoms with E-state index in [9.17, 15) is 14.4 Å². The Morgan fingerprint density at radius 2 is 1.52 bits per heavy atom. The van der Waals surface area contributed by atoms with Gasteiger partial charge in [0.1, 0.15) is 5.58 Å². The highest BCUT2D eigenvalue weighted by Crippen LogP contribution is 2.30. The lowest BCUT2D eigenvalue weighted by Crippen LogP contribution is -2.29. The number of fused-ring (bicyclic) bond motifs is 2. The van der Waals surface area contributed by atoms with Gasteiger partial charge in [0.25, 0.3) is 11.8 Å². The van der Waals surface area contributed by atoms with Gasteiger partial charge < -0.3 is 4.42 Å². The molecular weight excluding hydrogens is 294 g/mol. The van der Waals surface area contributed by atoms with Gasteiger partial charge in [0.05, 0.1) is 16.8 Å². The van der Waals surface area contributed by atoms with Gasteiger partial charge in [-0.25, -0.2) is 9.69 Å². The summed E-state index contributed by atoms with van der Waals surface area (Å²) in [5.74, 6) is -0.694. The molecule has 2 aromatic carbocycles. The molecular formula is C18H11NO4. The van der Waals surface area contributed by atoms with Gasteiger partial charge in [-0.15, -0.1) is 0 Å². The molecule has 1 aliphatic heterocycles. The number of carbonyl (C=O) groups is 2. The van der Waals surface area contributed by atoms with Crippen LogP contribution < -0.4 is 10.5 Å². The van der Waals surface area contributed by atoms with Crippen molar-refractivity contribution >= 4 is 28.5 Å². The van der Waals surface area contributed by atoms with Crippen LogP contribution in [0.1, 0.15) is 26.3 Å². The zero-order chi connectivity index (χ0) is 16.1. The van der Waals surface area contributed by atoms with E-state index in [1.807, 2.05) is 0 Å². The SMILES string of the molecule is Cc1cc(=O)oc2ccc(N3C(=O)c4ccccc4C3=O)cc12. The predicted octanol–water partition coefficient (Wildman–Crippen LogP) is 2.90. The molecule has 5 nitrogen and oxygen atoms in total. The Morgan fingerprint density at radius 1 is 0.870 bits per heavy atom.